The summed E-state index contributed by atoms with van der Waals surface area (Å²) in [7, 11) is 0. The van der Waals surface area contributed by atoms with E-state index in [1.807, 2.05) is 20.8 Å². The molecule has 1 aromatic heterocycles. The maximum absolute atomic E-state index is 13.7. The fourth-order valence-corrected chi connectivity index (χ4v) is 4.55. The van der Waals surface area contributed by atoms with Gasteiger partial charge in [0.25, 0.3) is 11.8 Å². The number of rotatable bonds is 9. The number of aromatic nitrogens is 2. The number of anilines is 1. The highest BCUT2D eigenvalue weighted by atomic mass is 35.5. The number of fused-ring (bicyclic) bond motifs is 1. The topological polar surface area (TPSA) is 106 Å². The highest BCUT2D eigenvalue weighted by Crippen LogP contribution is 2.39. The molecule has 1 saturated carbocycles. The summed E-state index contributed by atoms with van der Waals surface area (Å²) in [6.45, 7) is 8.81. The number of amides is 3. The first-order valence-electron chi connectivity index (χ1n) is 12.0. The Bertz CT molecular complexity index is 1140. The van der Waals surface area contributed by atoms with Crippen molar-refractivity contribution in [1.82, 2.24) is 19.8 Å². The van der Waals surface area contributed by atoms with E-state index in [1.165, 1.54) is 6.33 Å². The second kappa shape index (κ2) is 9.99. The lowest BCUT2D eigenvalue weighted by Gasteiger charge is -2.44. The molecular weight excluding hydrogens is 470 g/mol. The van der Waals surface area contributed by atoms with Crippen LogP contribution in [0, 0.1) is 6.92 Å². The Morgan fingerprint density at radius 3 is 2.71 bits per heavy atom. The van der Waals surface area contributed by atoms with Crippen LogP contribution in [-0.4, -0.2) is 63.0 Å². The van der Waals surface area contributed by atoms with Gasteiger partial charge in [-0.15, -0.1) is 0 Å². The molecule has 0 unspecified atom stereocenters. The van der Waals surface area contributed by atoms with E-state index < -0.39 is 11.4 Å². The number of ether oxygens (including phenoxy) is 1. The lowest BCUT2D eigenvalue weighted by atomic mass is 9.94. The van der Waals surface area contributed by atoms with Gasteiger partial charge in [0.2, 0.25) is 5.91 Å². The van der Waals surface area contributed by atoms with Gasteiger partial charge in [-0.2, -0.15) is 0 Å². The maximum atomic E-state index is 13.7. The number of carbonyl (C=O) groups excluding carboxylic acids is 3. The normalized spacial score (nSPS) is 19.6. The van der Waals surface area contributed by atoms with Crippen LogP contribution in [0.5, 0.6) is 0 Å². The summed E-state index contributed by atoms with van der Waals surface area (Å²) in [6, 6.07) is 5.18. The first kappa shape index (κ1) is 25.2. The molecule has 0 radical (unpaired) electrons. The summed E-state index contributed by atoms with van der Waals surface area (Å²) in [5.74, 6) is -1.08. The van der Waals surface area contributed by atoms with Gasteiger partial charge in [-0.3, -0.25) is 14.4 Å². The molecule has 1 aliphatic heterocycles. The first-order valence-corrected chi connectivity index (χ1v) is 12.4. The zero-order valence-electron chi connectivity index (χ0n) is 20.6. The number of hydrogen-bond acceptors (Lipinski definition) is 5. The van der Waals surface area contributed by atoms with Gasteiger partial charge in [-0.25, -0.2) is 4.98 Å². The number of imidazole rings is 1. The summed E-state index contributed by atoms with van der Waals surface area (Å²) in [5, 5.41) is 6.27. The van der Waals surface area contributed by atoms with Gasteiger partial charge < -0.3 is 24.8 Å². The molecule has 9 nitrogen and oxygen atoms in total. The van der Waals surface area contributed by atoms with Gasteiger partial charge >= 0.3 is 0 Å². The van der Waals surface area contributed by atoms with E-state index in [9.17, 15) is 14.4 Å². The number of hydrogen-bond donors (Lipinski definition) is 2. The van der Waals surface area contributed by atoms with Gasteiger partial charge in [-0.05, 0) is 64.7 Å². The van der Waals surface area contributed by atoms with Crippen molar-refractivity contribution in [3.8, 4) is 0 Å². The number of carbonyl (C=O) groups is 3. The van der Waals surface area contributed by atoms with Crippen LogP contribution in [0.4, 0.5) is 5.69 Å². The third-order valence-electron chi connectivity index (χ3n) is 6.37. The Balaban J connectivity index is 1.53. The van der Waals surface area contributed by atoms with Crippen LogP contribution in [0.25, 0.3) is 0 Å². The molecule has 0 saturated heterocycles. The van der Waals surface area contributed by atoms with Crippen LogP contribution in [0.3, 0.4) is 0 Å². The second-order valence-corrected chi connectivity index (χ2v) is 10.1. The summed E-state index contributed by atoms with van der Waals surface area (Å²) in [4.78, 5) is 45.9. The molecule has 0 bridgehead atoms. The third kappa shape index (κ3) is 5.21. The van der Waals surface area contributed by atoms with Crippen molar-refractivity contribution in [2.75, 3.05) is 18.5 Å². The highest BCUT2D eigenvalue weighted by Gasteiger charge is 2.53. The van der Waals surface area contributed by atoms with Crippen LogP contribution >= 0.6 is 11.6 Å². The fraction of sp³-hybridized carbons (Fsp3) is 0.520. The number of nitrogens with zero attached hydrogens (tertiary/aromatic N) is 3. The molecule has 1 fully saturated rings. The number of benzene rings is 1. The molecule has 3 amide bonds. The Kier molecular flexibility index (Phi) is 7.19. The lowest BCUT2D eigenvalue weighted by molar-refractivity contribution is -0.133. The van der Waals surface area contributed by atoms with Gasteiger partial charge in [-0.1, -0.05) is 17.7 Å². The van der Waals surface area contributed by atoms with E-state index in [0.29, 0.717) is 30.3 Å². The molecule has 2 aliphatic rings. The smallest absolute Gasteiger partial charge is 0.276 e. The minimum Gasteiger partial charge on any atom is -0.379 e. The van der Waals surface area contributed by atoms with Crippen molar-refractivity contribution in [2.45, 2.75) is 71.2 Å². The van der Waals surface area contributed by atoms with E-state index in [0.717, 1.165) is 18.4 Å². The average Bonchev–Trinajstić information content (AvgIpc) is 3.53. The van der Waals surface area contributed by atoms with E-state index in [2.05, 4.69) is 15.6 Å². The lowest BCUT2D eigenvalue weighted by Crippen LogP contribution is -2.64. The SMILES string of the molecule is Cc1ccc(NC(=O)c2ncn3c2C(=O)N(C2CC2)[C@@](C)(C(=O)NCCCOC(C)C)C3)cc1Cl. The predicted octanol–water partition coefficient (Wildman–Crippen LogP) is 3.41. The Morgan fingerprint density at radius 1 is 1.31 bits per heavy atom. The van der Waals surface area contributed by atoms with Crippen molar-refractivity contribution < 1.29 is 19.1 Å². The Labute approximate surface area is 210 Å². The Morgan fingerprint density at radius 2 is 2.06 bits per heavy atom. The van der Waals surface area contributed by atoms with Gasteiger partial charge in [0.1, 0.15) is 11.2 Å². The molecule has 1 atom stereocenters. The third-order valence-corrected chi connectivity index (χ3v) is 6.78. The largest absolute Gasteiger partial charge is 0.379 e. The van der Waals surface area contributed by atoms with Crippen LogP contribution in [0.15, 0.2) is 24.5 Å². The van der Waals surface area contributed by atoms with E-state index in [4.69, 9.17) is 16.3 Å². The van der Waals surface area contributed by atoms with Crippen molar-refractivity contribution >= 4 is 35.0 Å². The second-order valence-electron chi connectivity index (χ2n) is 9.70. The van der Waals surface area contributed by atoms with E-state index in [-0.39, 0.29) is 41.9 Å². The molecule has 2 aromatic rings. The standard InChI is InChI=1S/C25H32ClN5O4/c1-15(2)35-11-5-10-27-24(34)25(4)13-30-14-28-20(21(30)23(33)31(25)18-8-9-18)22(32)29-17-7-6-16(3)19(26)12-17/h6-7,12,14-15,18H,5,8-11,13H2,1-4H3,(H,27,34)(H,29,32)/t25-/m1/s1. The van der Waals surface area contributed by atoms with Crippen molar-refractivity contribution in [3.05, 3.63) is 46.5 Å². The monoisotopic (exact) mass is 501 g/mol. The van der Waals surface area contributed by atoms with Crippen LogP contribution in [-0.2, 0) is 16.1 Å². The first-order chi connectivity index (χ1) is 16.6. The summed E-state index contributed by atoms with van der Waals surface area (Å²) in [6.07, 6.45) is 3.93. The molecule has 10 heteroatoms. The number of halogens is 1. The number of nitrogens with one attached hydrogen (secondary N) is 2. The summed E-state index contributed by atoms with van der Waals surface area (Å²) >= 11 is 6.17. The Hall–Kier alpha value is -2.91. The fourth-order valence-electron chi connectivity index (χ4n) is 4.37. The minimum absolute atomic E-state index is 0.0296. The van der Waals surface area contributed by atoms with Crippen molar-refractivity contribution in [1.29, 1.82) is 0 Å². The van der Waals surface area contributed by atoms with Crippen LogP contribution < -0.4 is 10.6 Å². The molecule has 0 spiro atoms. The van der Waals surface area contributed by atoms with Crippen molar-refractivity contribution in [2.24, 2.45) is 0 Å². The minimum atomic E-state index is -1.08. The molecule has 188 valence electrons. The number of aryl methyl sites for hydroxylation is 1. The molecule has 2 heterocycles. The quantitative estimate of drug-likeness (QED) is 0.512. The molecule has 1 aromatic carbocycles. The van der Waals surface area contributed by atoms with Gasteiger partial charge in [0.05, 0.1) is 19.0 Å². The molecule has 1 aliphatic carbocycles. The predicted molar refractivity (Wildman–Crippen MR) is 133 cm³/mol. The summed E-state index contributed by atoms with van der Waals surface area (Å²) < 4.78 is 7.14. The maximum Gasteiger partial charge on any atom is 0.276 e. The van der Waals surface area contributed by atoms with Gasteiger partial charge in [0, 0.05) is 29.9 Å². The molecular formula is C25H32ClN5O4. The van der Waals surface area contributed by atoms with Gasteiger partial charge in [0.15, 0.2) is 5.69 Å². The van der Waals surface area contributed by atoms with E-state index in [1.54, 1.807) is 34.6 Å². The zero-order valence-corrected chi connectivity index (χ0v) is 21.3. The molecule has 4 rings (SSSR count). The molecule has 35 heavy (non-hydrogen) atoms. The van der Waals surface area contributed by atoms with E-state index >= 15 is 0 Å². The highest BCUT2D eigenvalue weighted by molar-refractivity contribution is 6.31. The average molecular weight is 502 g/mol. The van der Waals surface area contributed by atoms with Crippen LogP contribution in [0.1, 0.15) is 66.6 Å². The summed E-state index contributed by atoms with van der Waals surface area (Å²) in [5.41, 5.74) is 0.557. The van der Waals surface area contributed by atoms with Crippen LogP contribution in [0.2, 0.25) is 5.02 Å². The molecule has 2 N–H and O–H groups in total. The zero-order chi connectivity index (χ0) is 25.3. The van der Waals surface area contributed by atoms with Crippen molar-refractivity contribution in [3.63, 3.8) is 0 Å².